The van der Waals surface area contributed by atoms with Gasteiger partial charge in [-0.3, -0.25) is 14.5 Å². The Morgan fingerprint density at radius 3 is 2.52 bits per heavy atom. The molecule has 1 aliphatic heterocycles. The second-order valence-electron chi connectivity index (χ2n) is 10.0. The third-order valence-corrected chi connectivity index (χ3v) is 8.38. The molecule has 1 saturated heterocycles. The molecular weight excluding hydrogens is 575 g/mol. The van der Waals surface area contributed by atoms with Gasteiger partial charge in [0.15, 0.2) is 0 Å². The predicted molar refractivity (Wildman–Crippen MR) is 153 cm³/mol. The van der Waals surface area contributed by atoms with Gasteiger partial charge >= 0.3 is 0 Å². The van der Waals surface area contributed by atoms with E-state index in [4.69, 9.17) is 32.5 Å². The lowest BCUT2D eigenvalue weighted by molar-refractivity contribution is 0.0246. The lowest BCUT2D eigenvalue weighted by atomic mass is 10.0. The second kappa shape index (κ2) is 11.4. The molecule has 12 heteroatoms. The van der Waals surface area contributed by atoms with E-state index >= 15 is 0 Å². The van der Waals surface area contributed by atoms with Gasteiger partial charge in [-0.05, 0) is 56.0 Å². The number of carbonyl (C=O) groups excluding carboxylic acids is 1. The standard InChI is InChI=1S/C28H26Cl2N4O5S/c29-22-2-1-3-23(30)25(22)26-21(27(39-32-26)16-4-5-16)15-38-20-8-10-34(11-9-20)19-7-6-17-12-18(14-31-24(17)13-19)28(35)33-40(36)37/h1-3,6-7,12-14,16,20,40H,4-5,8-11,15H2,(H,33,35,36,37). The molecule has 6 rings (SSSR count). The Bertz CT molecular complexity index is 1630. The summed E-state index contributed by atoms with van der Waals surface area (Å²) >= 11 is 13.0. The van der Waals surface area contributed by atoms with E-state index in [9.17, 15) is 13.2 Å². The number of halogens is 2. The highest BCUT2D eigenvalue weighted by molar-refractivity contribution is 7.71. The molecule has 0 unspecified atom stereocenters. The van der Waals surface area contributed by atoms with Gasteiger partial charge in [-0.2, -0.15) is 0 Å². The first-order valence-electron chi connectivity index (χ1n) is 13.0. The number of nitrogens with zero attached hydrogens (tertiary/aromatic N) is 3. The molecule has 4 aromatic rings. The summed E-state index contributed by atoms with van der Waals surface area (Å²) in [6.45, 7) is 2.01. The van der Waals surface area contributed by atoms with Crippen molar-refractivity contribution in [1.29, 1.82) is 0 Å². The van der Waals surface area contributed by atoms with Crippen molar-refractivity contribution in [3.8, 4) is 11.3 Å². The zero-order valence-electron chi connectivity index (χ0n) is 21.3. The number of hydrogen-bond acceptors (Lipinski definition) is 8. The van der Waals surface area contributed by atoms with Gasteiger partial charge in [-0.1, -0.05) is 40.5 Å². The van der Waals surface area contributed by atoms with Crippen LogP contribution in [-0.2, 0) is 22.2 Å². The largest absolute Gasteiger partial charge is 0.373 e. The van der Waals surface area contributed by atoms with Crippen molar-refractivity contribution >= 4 is 56.6 Å². The molecular formula is C28H26Cl2N4O5S. The number of anilines is 1. The summed E-state index contributed by atoms with van der Waals surface area (Å²) in [6, 6.07) is 12.9. The fraction of sp³-hybridized carbons (Fsp3) is 0.321. The van der Waals surface area contributed by atoms with E-state index in [2.05, 4.69) is 15.0 Å². The van der Waals surface area contributed by atoms with Crippen molar-refractivity contribution in [3.63, 3.8) is 0 Å². The molecule has 0 bridgehead atoms. The molecule has 1 aliphatic carbocycles. The number of amides is 1. The number of hydrogen-bond donors (Lipinski definition) is 2. The minimum absolute atomic E-state index is 0.0833. The molecule has 9 nitrogen and oxygen atoms in total. The van der Waals surface area contributed by atoms with Gasteiger partial charge in [-0.15, -0.1) is 0 Å². The summed E-state index contributed by atoms with van der Waals surface area (Å²) in [5.41, 5.74) is 4.20. The Labute approximate surface area is 242 Å². The zero-order chi connectivity index (χ0) is 27.8. The van der Waals surface area contributed by atoms with Crippen LogP contribution >= 0.6 is 23.2 Å². The number of rotatable bonds is 8. The van der Waals surface area contributed by atoms with Gasteiger partial charge in [-0.25, -0.2) is 8.42 Å². The number of thiol groups is 1. The minimum atomic E-state index is -3.02. The lowest BCUT2D eigenvalue weighted by Crippen LogP contribution is -2.37. The smallest absolute Gasteiger partial charge is 0.266 e. The van der Waals surface area contributed by atoms with Gasteiger partial charge in [0.05, 0.1) is 33.8 Å². The van der Waals surface area contributed by atoms with Crippen LogP contribution < -0.4 is 9.62 Å². The van der Waals surface area contributed by atoms with E-state index in [1.807, 2.05) is 29.0 Å². The van der Waals surface area contributed by atoms with Gasteiger partial charge in [0.25, 0.3) is 5.91 Å². The van der Waals surface area contributed by atoms with E-state index in [1.54, 1.807) is 18.2 Å². The molecule has 2 aromatic carbocycles. The fourth-order valence-electron chi connectivity index (χ4n) is 5.11. The van der Waals surface area contributed by atoms with Crippen LogP contribution in [0.4, 0.5) is 5.69 Å². The molecule has 1 amide bonds. The summed E-state index contributed by atoms with van der Waals surface area (Å²) < 4.78 is 35.6. The molecule has 2 aromatic heterocycles. The normalized spacial score (nSPS) is 16.1. The van der Waals surface area contributed by atoms with Crippen LogP contribution in [0.2, 0.25) is 10.0 Å². The lowest BCUT2D eigenvalue weighted by Gasteiger charge is -2.33. The molecule has 0 spiro atoms. The summed E-state index contributed by atoms with van der Waals surface area (Å²) in [6.07, 6.45) is 5.32. The highest BCUT2D eigenvalue weighted by Crippen LogP contribution is 2.46. The van der Waals surface area contributed by atoms with Crippen LogP contribution in [0.15, 0.2) is 53.2 Å². The van der Waals surface area contributed by atoms with Crippen LogP contribution in [0, 0.1) is 0 Å². The third-order valence-electron chi connectivity index (χ3n) is 7.36. The number of piperidine rings is 1. The Morgan fingerprint density at radius 1 is 1.07 bits per heavy atom. The average Bonchev–Trinajstić information content (AvgIpc) is 3.71. The molecule has 1 N–H and O–H groups in total. The molecule has 40 heavy (non-hydrogen) atoms. The van der Waals surface area contributed by atoms with Crippen molar-refractivity contribution in [2.75, 3.05) is 18.0 Å². The zero-order valence-corrected chi connectivity index (χ0v) is 23.7. The SMILES string of the molecule is O=C(N[SH](=O)=O)c1cnc2cc(N3CCC(OCc4c(-c5c(Cl)cccc5Cl)noc4C4CC4)CC3)ccc2c1. The van der Waals surface area contributed by atoms with Gasteiger partial charge in [0.2, 0.25) is 10.9 Å². The van der Waals surface area contributed by atoms with Gasteiger partial charge < -0.3 is 14.2 Å². The van der Waals surface area contributed by atoms with Crippen LogP contribution in [0.25, 0.3) is 22.2 Å². The Morgan fingerprint density at radius 2 is 1.82 bits per heavy atom. The minimum Gasteiger partial charge on any atom is -0.373 e. The van der Waals surface area contributed by atoms with Crippen molar-refractivity contribution in [1.82, 2.24) is 14.9 Å². The number of benzene rings is 2. The van der Waals surface area contributed by atoms with Crippen molar-refractivity contribution < 1.29 is 22.5 Å². The molecule has 2 aliphatic rings. The predicted octanol–water partition coefficient (Wildman–Crippen LogP) is 5.52. The first kappa shape index (κ1) is 27.0. The van der Waals surface area contributed by atoms with E-state index in [0.717, 1.165) is 66.7 Å². The molecule has 0 radical (unpaired) electrons. The second-order valence-corrected chi connectivity index (χ2v) is 11.6. The van der Waals surface area contributed by atoms with E-state index in [0.29, 0.717) is 33.8 Å². The molecule has 0 atom stereocenters. The highest BCUT2D eigenvalue weighted by atomic mass is 35.5. The molecule has 2 fully saturated rings. The summed E-state index contributed by atoms with van der Waals surface area (Å²) in [5, 5.41) is 6.16. The number of fused-ring (bicyclic) bond motifs is 1. The number of aromatic nitrogens is 2. The molecule has 3 heterocycles. The third kappa shape index (κ3) is 5.67. The van der Waals surface area contributed by atoms with Crippen molar-refractivity contribution in [3.05, 3.63) is 75.6 Å². The average molecular weight is 602 g/mol. The summed E-state index contributed by atoms with van der Waals surface area (Å²) in [4.78, 5) is 18.6. The van der Waals surface area contributed by atoms with Crippen LogP contribution in [-0.4, -0.2) is 43.7 Å². The number of carbonyl (C=O) groups is 1. The van der Waals surface area contributed by atoms with E-state index < -0.39 is 16.8 Å². The maximum Gasteiger partial charge on any atom is 0.266 e. The highest BCUT2D eigenvalue weighted by Gasteiger charge is 2.34. The summed E-state index contributed by atoms with van der Waals surface area (Å²) in [5.74, 6) is 0.537. The Balaban J connectivity index is 1.11. The summed E-state index contributed by atoms with van der Waals surface area (Å²) in [7, 11) is -3.02. The van der Waals surface area contributed by atoms with Crippen molar-refractivity contribution in [2.24, 2.45) is 0 Å². The Hall–Kier alpha value is -3.18. The Kier molecular flexibility index (Phi) is 7.67. The molecule has 208 valence electrons. The monoisotopic (exact) mass is 600 g/mol. The molecule has 1 saturated carbocycles. The maximum absolute atomic E-state index is 12.0. The van der Waals surface area contributed by atoms with Gasteiger partial charge in [0, 0.05) is 47.4 Å². The number of nitrogens with one attached hydrogen (secondary N) is 1. The maximum atomic E-state index is 12.0. The van der Waals surface area contributed by atoms with Gasteiger partial charge in [0.1, 0.15) is 11.5 Å². The topological polar surface area (TPSA) is 115 Å². The number of pyridine rings is 1. The first-order chi connectivity index (χ1) is 19.4. The fourth-order valence-corrected chi connectivity index (χ4v) is 5.98. The van der Waals surface area contributed by atoms with E-state index in [1.165, 1.54) is 6.20 Å². The van der Waals surface area contributed by atoms with Crippen LogP contribution in [0.5, 0.6) is 0 Å². The van der Waals surface area contributed by atoms with Crippen LogP contribution in [0.3, 0.4) is 0 Å². The van der Waals surface area contributed by atoms with E-state index in [-0.39, 0.29) is 11.7 Å². The van der Waals surface area contributed by atoms with Crippen molar-refractivity contribution in [2.45, 2.75) is 44.3 Å². The number of ether oxygens (including phenoxy) is 1. The first-order valence-corrected chi connectivity index (χ1v) is 15.0. The quantitative estimate of drug-likeness (QED) is 0.254. The van der Waals surface area contributed by atoms with Crippen LogP contribution in [0.1, 0.15) is 53.3 Å².